The number of methoxy groups -OCH3 is 1. The van der Waals surface area contributed by atoms with Gasteiger partial charge >= 0.3 is 5.97 Å². The van der Waals surface area contributed by atoms with Gasteiger partial charge in [0.1, 0.15) is 12.3 Å². The molecule has 3 rings (SSSR count). The first-order valence-corrected chi connectivity index (χ1v) is 12.2. The number of pyridine rings is 1. The van der Waals surface area contributed by atoms with Gasteiger partial charge in [0.2, 0.25) is 10.0 Å². The van der Waals surface area contributed by atoms with Gasteiger partial charge < -0.3 is 15.2 Å². The highest BCUT2D eigenvalue weighted by Crippen LogP contribution is 2.29. The van der Waals surface area contributed by atoms with Crippen LogP contribution in [0.4, 0.5) is 0 Å². The number of benzene rings is 1. The summed E-state index contributed by atoms with van der Waals surface area (Å²) in [6.07, 6.45) is 3.64. The van der Waals surface area contributed by atoms with Gasteiger partial charge in [0.05, 0.1) is 12.0 Å². The standard InChI is InChI=1S/C24H29N3O6S/c1-24(2,3)18-5-7-19(8-6-18)34(31,32)27-11-9-16(10-12-27)17-13-20(28)22(25-14-17)23(30)26-15-21(29)33-4/h5-9,13-14,28H,10-12,15H2,1-4H3,(H,26,30). The van der Waals surface area contributed by atoms with Gasteiger partial charge in [0.15, 0.2) is 5.69 Å². The smallest absolute Gasteiger partial charge is 0.325 e. The van der Waals surface area contributed by atoms with Crippen molar-refractivity contribution >= 4 is 27.5 Å². The second-order valence-corrected chi connectivity index (χ2v) is 10.9. The molecular formula is C24H29N3O6S. The summed E-state index contributed by atoms with van der Waals surface area (Å²) >= 11 is 0. The fourth-order valence-corrected chi connectivity index (χ4v) is 4.90. The van der Waals surface area contributed by atoms with Crippen molar-refractivity contribution in [3.63, 3.8) is 0 Å². The number of esters is 1. The molecule has 1 aromatic carbocycles. The number of hydrogen-bond acceptors (Lipinski definition) is 7. The average Bonchev–Trinajstić information content (AvgIpc) is 2.81. The highest BCUT2D eigenvalue weighted by molar-refractivity contribution is 7.89. The lowest BCUT2D eigenvalue weighted by atomic mass is 9.87. The molecule has 0 fully saturated rings. The van der Waals surface area contributed by atoms with E-state index in [0.29, 0.717) is 12.0 Å². The molecule has 1 amide bonds. The van der Waals surface area contributed by atoms with E-state index in [1.165, 1.54) is 23.7 Å². The molecule has 0 aliphatic carbocycles. The molecule has 0 saturated heterocycles. The molecule has 0 unspecified atom stereocenters. The van der Waals surface area contributed by atoms with Crippen LogP contribution in [0.2, 0.25) is 0 Å². The van der Waals surface area contributed by atoms with Crippen molar-refractivity contribution in [3.8, 4) is 5.75 Å². The molecular weight excluding hydrogens is 458 g/mol. The Morgan fingerprint density at radius 1 is 1.21 bits per heavy atom. The molecule has 0 saturated carbocycles. The van der Waals surface area contributed by atoms with Crippen LogP contribution in [-0.4, -0.2) is 61.4 Å². The summed E-state index contributed by atoms with van der Waals surface area (Å²) in [6.45, 7) is 6.33. The summed E-state index contributed by atoms with van der Waals surface area (Å²) in [7, 11) is -2.44. The summed E-state index contributed by atoms with van der Waals surface area (Å²) < 4.78 is 32.0. The molecule has 1 aliphatic heterocycles. The Morgan fingerprint density at radius 3 is 2.41 bits per heavy atom. The molecule has 9 nitrogen and oxygen atoms in total. The van der Waals surface area contributed by atoms with Crippen LogP contribution in [0, 0.1) is 0 Å². The molecule has 0 bridgehead atoms. The van der Waals surface area contributed by atoms with Crippen LogP contribution in [0.3, 0.4) is 0 Å². The zero-order chi connectivity index (χ0) is 25.1. The number of nitrogens with zero attached hydrogens (tertiary/aromatic N) is 2. The first-order valence-electron chi connectivity index (χ1n) is 10.8. The van der Waals surface area contributed by atoms with Crippen molar-refractivity contribution in [1.82, 2.24) is 14.6 Å². The Kier molecular flexibility index (Phi) is 7.42. The minimum Gasteiger partial charge on any atom is -0.505 e. The van der Waals surface area contributed by atoms with E-state index in [1.54, 1.807) is 18.2 Å². The molecule has 0 spiro atoms. The van der Waals surface area contributed by atoms with E-state index in [-0.39, 0.29) is 41.4 Å². The maximum atomic E-state index is 13.1. The third kappa shape index (κ3) is 5.63. The van der Waals surface area contributed by atoms with E-state index >= 15 is 0 Å². The molecule has 2 N–H and O–H groups in total. The van der Waals surface area contributed by atoms with Crippen LogP contribution in [0.5, 0.6) is 5.75 Å². The normalized spacial score (nSPS) is 14.9. The highest BCUT2D eigenvalue weighted by atomic mass is 32.2. The van der Waals surface area contributed by atoms with Gasteiger partial charge in [-0.05, 0) is 46.7 Å². The van der Waals surface area contributed by atoms with Crippen molar-refractivity contribution < 1.29 is 27.9 Å². The number of sulfonamides is 1. The molecule has 182 valence electrons. The topological polar surface area (TPSA) is 126 Å². The number of rotatable bonds is 6. The van der Waals surface area contributed by atoms with Gasteiger partial charge in [0.25, 0.3) is 5.91 Å². The zero-order valence-electron chi connectivity index (χ0n) is 19.7. The summed E-state index contributed by atoms with van der Waals surface area (Å²) in [6, 6.07) is 8.37. The Morgan fingerprint density at radius 2 is 1.88 bits per heavy atom. The maximum Gasteiger partial charge on any atom is 0.325 e. The van der Waals surface area contributed by atoms with Crippen molar-refractivity contribution in [2.45, 2.75) is 37.5 Å². The number of carbonyl (C=O) groups excluding carboxylic acids is 2. The second-order valence-electron chi connectivity index (χ2n) is 8.97. The Bertz CT molecular complexity index is 1210. The summed E-state index contributed by atoms with van der Waals surface area (Å²) in [5.41, 5.74) is 2.18. The van der Waals surface area contributed by atoms with Crippen LogP contribution in [0.25, 0.3) is 5.57 Å². The molecule has 0 atom stereocenters. The lowest BCUT2D eigenvalue weighted by Crippen LogP contribution is -2.34. The molecule has 10 heteroatoms. The number of ether oxygens (including phenoxy) is 1. The average molecular weight is 488 g/mol. The van der Waals surface area contributed by atoms with Crippen LogP contribution in [0.15, 0.2) is 47.5 Å². The van der Waals surface area contributed by atoms with Gasteiger partial charge in [-0.25, -0.2) is 13.4 Å². The Hall–Kier alpha value is -3.24. The molecule has 2 aromatic rings. The van der Waals surface area contributed by atoms with E-state index in [2.05, 4.69) is 35.8 Å². The Balaban J connectivity index is 1.71. The van der Waals surface area contributed by atoms with Gasteiger partial charge in [-0.15, -0.1) is 0 Å². The Labute approximate surface area is 199 Å². The van der Waals surface area contributed by atoms with E-state index < -0.39 is 21.9 Å². The van der Waals surface area contributed by atoms with Crippen molar-refractivity contribution in [2.75, 3.05) is 26.7 Å². The number of aromatic nitrogens is 1. The number of aromatic hydroxyl groups is 1. The number of nitrogens with one attached hydrogen (secondary N) is 1. The third-order valence-corrected chi connectivity index (χ3v) is 7.48. The predicted molar refractivity (Wildman–Crippen MR) is 127 cm³/mol. The second kappa shape index (κ2) is 9.94. The summed E-state index contributed by atoms with van der Waals surface area (Å²) in [5, 5.41) is 12.6. The monoisotopic (exact) mass is 487 g/mol. The predicted octanol–water partition coefficient (Wildman–Crippen LogP) is 2.47. The van der Waals surface area contributed by atoms with Crippen LogP contribution in [-0.2, 0) is 25.0 Å². The zero-order valence-corrected chi connectivity index (χ0v) is 20.5. The van der Waals surface area contributed by atoms with Crippen molar-refractivity contribution in [1.29, 1.82) is 0 Å². The minimum absolute atomic E-state index is 0.0672. The van der Waals surface area contributed by atoms with E-state index in [0.717, 1.165) is 11.1 Å². The van der Waals surface area contributed by atoms with E-state index in [9.17, 15) is 23.1 Å². The lowest BCUT2D eigenvalue weighted by molar-refractivity contribution is -0.139. The quantitative estimate of drug-likeness (QED) is 0.600. The number of amides is 1. The molecule has 2 heterocycles. The fourth-order valence-electron chi connectivity index (χ4n) is 3.52. The largest absolute Gasteiger partial charge is 0.505 e. The first-order chi connectivity index (χ1) is 15.9. The lowest BCUT2D eigenvalue weighted by Gasteiger charge is -2.26. The van der Waals surface area contributed by atoms with E-state index in [1.807, 2.05) is 12.1 Å². The molecule has 34 heavy (non-hydrogen) atoms. The van der Waals surface area contributed by atoms with Crippen LogP contribution < -0.4 is 5.32 Å². The molecule has 1 aromatic heterocycles. The summed E-state index contributed by atoms with van der Waals surface area (Å²) in [4.78, 5) is 27.5. The number of carbonyl (C=O) groups is 2. The van der Waals surface area contributed by atoms with Gasteiger partial charge in [0, 0.05) is 19.3 Å². The third-order valence-electron chi connectivity index (χ3n) is 5.60. The molecule has 0 radical (unpaired) electrons. The maximum absolute atomic E-state index is 13.1. The number of hydrogen-bond donors (Lipinski definition) is 2. The summed E-state index contributed by atoms with van der Waals surface area (Å²) in [5.74, 6) is -1.67. The first kappa shape index (κ1) is 25.4. The van der Waals surface area contributed by atoms with Crippen LogP contribution >= 0.6 is 0 Å². The van der Waals surface area contributed by atoms with Crippen LogP contribution in [0.1, 0.15) is 48.8 Å². The van der Waals surface area contributed by atoms with Crippen molar-refractivity contribution in [3.05, 3.63) is 59.4 Å². The van der Waals surface area contributed by atoms with E-state index in [4.69, 9.17) is 0 Å². The fraction of sp³-hybridized carbons (Fsp3) is 0.375. The SMILES string of the molecule is COC(=O)CNC(=O)c1ncc(C2=CCN(S(=O)(=O)c3ccc(C(C)(C)C)cc3)CC2)cc1O. The molecule has 1 aliphatic rings. The van der Waals surface area contributed by atoms with Gasteiger partial charge in [-0.2, -0.15) is 4.31 Å². The van der Waals surface area contributed by atoms with Gasteiger partial charge in [-0.3, -0.25) is 9.59 Å². The van der Waals surface area contributed by atoms with Crippen molar-refractivity contribution in [2.24, 2.45) is 0 Å². The van der Waals surface area contributed by atoms with Gasteiger partial charge in [-0.1, -0.05) is 39.0 Å². The highest BCUT2D eigenvalue weighted by Gasteiger charge is 2.27. The minimum atomic E-state index is -3.64.